The minimum absolute atomic E-state index is 0.00914. The molecule has 14 heteroatoms. The molecule has 1 unspecified atom stereocenters. The normalized spacial score (nSPS) is 29.8. The fraction of sp³-hybridized carbons (Fsp3) is 0.706. The van der Waals surface area contributed by atoms with Crippen LogP contribution < -0.4 is 10.6 Å². The molecule has 48 heavy (non-hydrogen) atoms. The van der Waals surface area contributed by atoms with Crippen LogP contribution in [0, 0.1) is 11.3 Å². The number of amides is 4. The Morgan fingerprint density at radius 2 is 1.85 bits per heavy atom. The summed E-state index contributed by atoms with van der Waals surface area (Å²) in [7, 11) is -4.26. The van der Waals surface area contributed by atoms with Gasteiger partial charge < -0.3 is 34.4 Å². The minimum atomic E-state index is -4.26. The van der Waals surface area contributed by atoms with Crippen molar-refractivity contribution in [1.29, 1.82) is 0 Å². The summed E-state index contributed by atoms with van der Waals surface area (Å²) < 4.78 is 30.0. The van der Waals surface area contributed by atoms with Gasteiger partial charge in [-0.05, 0) is 60.6 Å². The highest BCUT2D eigenvalue weighted by Crippen LogP contribution is 2.70. The van der Waals surface area contributed by atoms with E-state index in [1.165, 1.54) is 10.5 Å². The Kier molecular flexibility index (Phi) is 10.8. The molecule has 3 heterocycles. The standard InChI is InChI=1S/C34H51N4O9P/c1-6-24-18-34(24,48(43,44)46-7-2)36-29(39)27-17-25-20-38(27)30(40)28(33(3,4)5)35-31(41)45-16-11-9-8-10-13-22-14-12-15-23-19-37(21-26(22)23)32(42)47-25/h12,14-15,24-25,27-28H,6-11,13,16-21H2,1-5H3,(H,35,41)(H,36,39)(H,43,44)/t24-,25+,27-,28+,34-/m0/s1. The van der Waals surface area contributed by atoms with Crippen molar-refractivity contribution in [2.24, 2.45) is 11.3 Å². The van der Waals surface area contributed by atoms with E-state index in [1.807, 2.05) is 19.1 Å². The van der Waals surface area contributed by atoms with Crippen molar-refractivity contribution < 1.29 is 42.6 Å². The second-order valence-corrected chi connectivity index (χ2v) is 16.7. The van der Waals surface area contributed by atoms with Gasteiger partial charge in [0.2, 0.25) is 11.8 Å². The van der Waals surface area contributed by atoms with Crippen molar-refractivity contribution in [3.8, 4) is 0 Å². The fourth-order valence-electron chi connectivity index (χ4n) is 7.31. The van der Waals surface area contributed by atoms with Gasteiger partial charge in [-0.15, -0.1) is 0 Å². The second kappa shape index (κ2) is 14.4. The molecular weight excluding hydrogens is 639 g/mol. The molecule has 4 amide bonds. The van der Waals surface area contributed by atoms with E-state index < -0.39 is 60.5 Å². The number of alkyl carbamates (subject to hydrolysis) is 1. The van der Waals surface area contributed by atoms with E-state index in [9.17, 15) is 28.6 Å². The van der Waals surface area contributed by atoms with Gasteiger partial charge >= 0.3 is 19.8 Å². The van der Waals surface area contributed by atoms with Crippen molar-refractivity contribution in [1.82, 2.24) is 20.4 Å². The molecule has 0 spiro atoms. The highest BCUT2D eigenvalue weighted by atomic mass is 31.2. The molecule has 0 aromatic heterocycles. The van der Waals surface area contributed by atoms with Crippen LogP contribution in [0.4, 0.5) is 9.59 Å². The largest absolute Gasteiger partial charge is 0.450 e. The van der Waals surface area contributed by atoms with Gasteiger partial charge in [0.1, 0.15) is 23.5 Å². The van der Waals surface area contributed by atoms with Crippen LogP contribution in [0.15, 0.2) is 18.2 Å². The summed E-state index contributed by atoms with van der Waals surface area (Å²) in [6.07, 6.45) is 3.04. The lowest BCUT2D eigenvalue weighted by molar-refractivity contribution is -0.142. The monoisotopic (exact) mass is 690 g/mol. The van der Waals surface area contributed by atoms with Crippen molar-refractivity contribution in [3.63, 3.8) is 0 Å². The van der Waals surface area contributed by atoms with Gasteiger partial charge in [-0.25, -0.2) is 9.59 Å². The maximum absolute atomic E-state index is 14.3. The summed E-state index contributed by atoms with van der Waals surface area (Å²) in [6, 6.07) is 3.91. The molecule has 1 aromatic rings. The summed E-state index contributed by atoms with van der Waals surface area (Å²) >= 11 is 0. The number of benzene rings is 1. The SMILES string of the molecule is CCOP(=O)(O)[C@@]1(NC(=O)[C@@H]2C[C@@H]3CN2C(=O)[C@H](C(C)(C)C)NC(=O)OCCCCCCc2cccc4c2CN(C4)C(=O)O3)C[C@@H]1CC. The molecular formula is C34H51N4O9P. The topological polar surface area (TPSA) is 164 Å². The van der Waals surface area contributed by atoms with Crippen LogP contribution in [0.25, 0.3) is 0 Å². The maximum atomic E-state index is 14.3. The Hall–Kier alpha value is -3.15. The van der Waals surface area contributed by atoms with Crippen molar-refractivity contribution >= 4 is 31.6 Å². The lowest BCUT2D eigenvalue weighted by atomic mass is 9.85. The zero-order valence-electron chi connectivity index (χ0n) is 28.8. The molecule has 1 aromatic carbocycles. The number of ether oxygens (including phenoxy) is 2. The number of carbonyl (C=O) groups is 4. The minimum Gasteiger partial charge on any atom is -0.450 e. The quantitative estimate of drug-likeness (QED) is 0.355. The molecule has 1 saturated carbocycles. The van der Waals surface area contributed by atoms with Crippen LogP contribution in [-0.2, 0) is 47.7 Å². The second-order valence-electron chi connectivity index (χ2n) is 14.6. The third-order valence-electron chi connectivity index (χ3n) is 10.1. The third-order valence-corrected chi connectivity index (χ3v) is 12.4. The van der Waals surface area contributed by atoms with E-state index >= 15 is 0 Å². The molecule has 1 aliphatic carbocycles. The number of rotatable bonds is 6. The van der Waals surface area contributed by atoms with Gasteiger partial charge in [0.25, 0.3) is 0 Å². The van der Waals surface area contributed by atoms with Crippen LogP contribution in [0.1, 0.15) is 96.3 Å². The van der Waals surface area contributed by atoms with Crippen molar-refractivity contribution in [2.45, 2.75) is 123 Å². The average Bonchev–Trinajstić information content (AvgIpc) is 3.34. The maximum Gasteiger partial charge on any atom is 0.410 e. The van der Waals surface area contributed by atoms with Crippen LogP contribution in [0.2, 0.25) is 0 Å². The average molecular weight is 691 g/mol. The molecule has 3 N–H and O–H groups in total. The molecule has 0 radical (unpaired) electrons. The molecule has 13 nitrogen and oxygen atoms in total. The first-order valence-corrected chi connectivity index (χ1v) is 18.9. The van der Waals surface area contributed by atoms with E-state index in [1.54, 1.807) is 32.6 Å². The van der Waals surface area contributed by atoms with Gasteiger partial charge in [0, 0.05) is 19.5 Å². The smallest absolute Gasteiger partial charge is 0.410 e. The molecule has 2 fully saturated rings. The third kappa shape index (κ3) is 7.53. The number of carbonyl (C=O) groups excluding carboxylic acids is 4. The highest BCUT2D eigenvalue weighted by Gasteiger charge is 2.67. The molecule has 6 atom stereocenters. The van der Waals surface area contributed by atoms with E-state index in [4.69, 9.17) is 14.0 Å². The predicted molar refractivity (Wildman–Crippen MR) is 177 cm³/mol. The number of nitrogens with zero attached hydrogens (tertiary/aromatic N) is 2. The molecule has 4 bridgehead atoms. The Morgan fingerprint density at radius 1 is 1.12 bits per heavy atom. The fourth-order valence-corrected chi connectivity index (χ4v) is 9.24. The first kappa shape index (κ1) is 36.1. The van der Waals surface area contributed by atoms with E-state index in [0.29, 0.717) is 25.9 Å². The van der Waals surface area contributed by atoms with E-state index in [2.05, 4.69) is 16.7 Å². The first-order chi connectivity index (χ1) is 22.7. The number of cyclic esters (lactones) is 1. The van der Waals surface area contributed by atoms with E-state index in [-0.39, 0.29) is 38.5 Å². The van der Waals surface area contributed by atoms with Crippen molar-refractivity contribution in [3.05, 3.63) is 34.9 Å². The highest BCUT2D eigenvalue weighted by molar-refractivity contribution is 7.55. The van der Waals surface area contributed by atoms with Gasteiger partial charge in [0.05, 0.1) is 19.8 Å². The predicted octanol–water partition coefficient (Wildman–Crippen LogP) is 4.83. The lowest BCUT2D eigenvalue weighted by Gasteiger charge is -2.35. The number of fused-ring (bicyclic) bond motifs is 3. The Labute approximate surface area is 282 Å². The summed E-state index contributed by atoms with van der Waals surface area (Å²) in [5.41, 5.74) is 2.62. The van der Waals surface area contributed by atoms with Crippen LogP contribution in [0.5, 0.6) is 0 Å². The van der Waals surface area contributed by atoms with Gasteiger partial charge in [-0.3, -0.25) is 19.1 Å². The number of aryl methyl sites for hydroxylation is 1. The summed E-state index contributed by atoms with van der Waals surface area (Å²) in [5.74, 6) is -1.46. The Bertz CT molecular complexity index is 1450. The molecule has 5 rings (SSSR count). The molecule has 3 aliphatic heterocycles. The van der Waals surface area contributed by atoms with Crippen LogP contribution >= 0.6 is 7.60 Å². The molecule has 266 valence electrons. The van der Waals surface area contributed by atoms with Gasteiger partial charge in [-0.1, -0.05) is 65.2 Å². The number of nitrogens with one attached hydrogen (secondary N) is 2. The Morgan fingerprint density at radius 3 is 2.54 bits per heavy atom. The summed E-state index contributed by atoms with van der Waals surface area (Å²) in [5, 5.41) is 4.05. The molecule has 1 saturated heterocycles. The van der Waals surface area contributed by atoms with Crippen molar-refractivity contribution in [2.75, 3.05) is 19.8 Å². The number of hydrogen-bond donors (Lipinski definition) is 3. The summed E-state index contributed by atoms with van der Waals surface area (Å²) in [6.45, 7) is 9.80. The zero-order chi connectivity index (χ0) is 34.9. The Balaban J connectivity index is 1.43. The van der Waals surface area contributed by atoms with Crippen LogP contribution in [0.3, 0.4) is 0 Å². The van der Waals surface area contributed by atoms with Gasteiger partial charge in [-0.2, -0.15) is 0 Å². The molecule has 4 aliphatic rings. The zero-order valence-corrected chi connectivity index (χ0v) is 29.7. The lowest BCUT2D eigenvalue weighted by Crippen LogP contribution is -2.58. The van der Waals surface area contributed by atoms with E-state index in [0.717, 1.165) is 36.8 Å². The van der Waals surface area contributed by atoms with Crippen LogP contribution in [-0.4, -0.2) is 81.9 Å². The van der Waals surface area contributed by atoms with Gasteiger partial charge in [0.15, 0.2) is 0 Å². The number of hydrogen-bond acceptors (Lipinski definition) is 8. The first-order valence-electron chi connectivity index (χ1n) is 17.3. The summed E-state index contributed by atoms with van der Waals surface area (Å²) in [4.78, 5) is 68.6.